The molecule has 2 saturated heterocycles. The fourth-order valence-electron chi connectivity index (χ4n) is 3.29. The lowest BCUT2D eigenvalue weighted by Gasteiger charge is -2.41. The highest BCUT2D eigenvalue weighted by Crippen LogP contribution is 2.52. The molecule has 2 aliphatic rings. The van der Waals surface area contributed by atoms with E-state index < -0.39 is 17.2 Å². The third kappa shape index (κ3) is 9.59. The maximum Gasteiger partial charge on any atom is 0.332 e. The summed E-state index contributed by atoms with van der Waals surface area (Å²) in [4.78, 5) is 8.76. The van der Waals surface area contributed by atoms with Crippen molar-refractivity contribution in [2.75, 3.05) is 52.7 Å². The molecule has 0 atom stereocenters. The monoisotopic (exact) mass is 586 g/mol. The van der Waals surface area contributed by atoms with E-state index in [-0.39, 0.29) is 5.41 Å². The van der Waals surface area contributed by atoms with Crippen LogP contribution in [0.25, 0.3) is 0 Å². The standard InChI is InChI=1S/C25H30Cl2N2O6P2/c26-13-21-1-5-23(6-2-21)15-28-9-11-30-36-32-17-25(18-33-36)19-34-37(35-20-25)31-12-10-29-16-24-7-3-22(14-27)4-8-24/h1-8,15-16H,9-14,17-20H2. The highest BCUT2D eigenvalue weighted by Gasteiger charge is 2.43. The molecule has 8 nitrogen and oxygen atoms in total. The van der Waals surface area contributed by atoms with Crippen LogP contribution in [0.15, 0.2) is 58.5 Å². The number of nitrogens with zero attached hydrogens (tertiary/aromatic N) is 2. The Hall–Kier alpha value is -1.02. The second-order valence-electron chi connectivity index (χ2n) is 8.53. The third-order valence-electron chi connectivity index (χ3n) is 5.49. The molecule has 37 heavy (non-hydrogen) atoms. The molecule has 0 bridgehead atoms. The number of hydrogen-bond acceptors (Lipinski definition) is 8. The van der Waals surface area contributed by atoms with Gasteiger partial charge in [0.25, 0.3) is 0 Å². The second-order valence-corrected chi connectivity index (χ2v) is 11.5. The van der Waals surface area contributed by atoms with Gasteiger partial charge in [-0.3, -0.25) is 9.98 Å². The van der Waals surface area contributed by atoms with Crippen molar-refractivity contribution >= 4 is 52.8 Å². The molecule has 0 saturated carbocycles. The molecule has 2 heterocycles. The first-order valence-electron chi connectivity index (χ1n) is 11.9. The van der Waals surface area contributed by atoms with Gasteiger partial charge in [-0.1, -0.05) is 48.5 Å². The van der Waals surface area contributed by atoms with Gasteiger partial charge in [0.2, 0.25) is 0 Å². The van der Waals surface area contributed by atoms with E-state index in [0.717, 1.165) is 22.3 Å². The van der Waals surface area contributed by atoms with Crippen LogP contribution in [-0.4, -0.2) is 65.2 Å². The van der Waals surface area contributed by atoms with E-state index in [0.29, 0.717) is 64.5 Å². The fourth-order valence-corrected chi connectivity index (χ4v) is 6.08. The van der Waals surface area contributed by atoms with E-state index in [9.17, 15) is 0 Å². The van der Waals surface area contributed by atoms with Gasteiger partial charge in [-0.15, -0.1) is 23.2 Å². The smallest absolute Gasteiger partial charge is 0.311 e. The van der Waals surface area contributed by atoms with Crippen LogP contribution in [0, 0.1) is 5.41 Å². The van der Waals surface area contributed by atoms with E-state index in [2.05, 4.69) is 9.98 Å². The van der Waals surface area contributed by atoms with Crippen LogP contribution >= 0.6 is 40.4 Å². The average molecular weight is 587 g/mol. The van der Waals surface area contributed by atoms with Crippen molar-refractivity contribution in [2.45, 2.75) is 11.8 Å². The van der Waals surface area contributed by atoms with Crippen LogP contribution in [0.5, 0.6) is 0 Å². The first kappa shape index (κ1) is 29.0. The van der Waals surface area contributed by atoms with Gasteiger partial charge in [-0.05, 0) is 22.3 Å². The zero-order valence-electron chi connectivity index (χ0n) is 20.3. The Bertz CT molecular complexity index is 912. The van der Waals surface area contributed by atoms with Crippen molar-refractivity contribution < 1.29 is 27.1 Å². The van der Waals surface area contributed by atoms with Gasteiger partial charge in [0.15, 0.2) is 0 Å². The number of aliphatic imine (C=N–C) groups is 2. The minimum atomic E-state index is -1.40. The summed E-state index contributed by atoms with van der Waals surface area (Å²) in [5.74, 6) is 1.01. The lowest BCUT2D eigenvalue weighted by atomic mass is 9.93. The maximum atomic E-state index is 5.81. The molecule has 1 spiro atoms. The SMILES string of the molecule is ClCc1ccc(C=NCCOP2OCC3(CO2)COP(OCCN=Cc2ccc(CCl)cc2)OC3)cc1. The Kier molecular flexibility index (Phi) is 12.2. The van der Waals surface area contributed by atoms with E-state index in [1.165, 1.54) is 0 Å². The summed E-state index contributed by atoms with van der Waals surface area (Å²) >= 11 is 11.6. The van der Waals surface area contributed by atoms with Gasteiger partial charge in [0.05, 0.1) is 58.1 Å². The molecule has 0 aliphatic carbocycles. The largest absolute Gasteiger partial charge is 0.332 e. The quantitative estimate of drug-likeness (QED) is 0.126. The molecule has 12 heteroatoms. The summed E-state index contributed by atoms with van der Waals surface area (Å²) in [7, 11) is -2.79. The molecular weight excluding hydrogens is 557 g/mol. The molecule has 2 fully saturated rings. The van der Waals surface area contributed by atoms with Crippen LogP contribution in [0.3, 0.4) is 0 Å². The topological polar surface area (TPSA) is 80.1 Å². The van der Waals surface area contributed by atoms with Crippen LogP contribution in [-0.2, 0) is 38.9 Å². The summed E-state index contributed by atoms with van der Waals surface area (Å²) in [5.41, 5.74) is 3.87. The molecule has 0 aromatic heterocycles. The Morgan fingerprint density at radius 1 is 0.676 bits per heavy atom. The minimum Gasteiger partial charge on any atom is -0.311 e. The van der Waals surface area contributed by atoms with Crippen molar-refractivity contribution in [3.63, 3.8) is 0 Å². The fraction of sp³-hybridized carbons (Fsp3) is 0.440. The van der Waals surface area contributed by atoms with E-state index in [1.54, 1.807) is 0 Å². The van der Waals surface area contributed by atoms with Crippen molar-refractivity contribution in [2.24, 2.45) is 15.4 Å². The van der Waals surface area contributed by atoms with Gasteiger partial charge in [-0.2, -0.15) is 0 Å². The first-order valence-corrected chi connectivity index (χ1v) is 15.1. The van der Waals surface area contributed by atoms with E-state index in [1.807, 2.05) is 61.0 Å². The molecule has 0 N–H and O–H groups in total. The predicted octanol–water partition coefficient (Wildman–Crippen LogP) is 6.27. The lowest BCUT2D eigenvalue weighted by molar-refractivity contribution is -0.0756. The van der Waals surface area contributed by atoms with Crippen molar-refractivity contribution in [1.29, 1.82) is 0 Å². The minimum absolute atomic E-state index is 0.342. The summed E-state index contributed by atoms with van der Waals surface area (Å²) in [6, 6.07) is 15.9. The summed E-state index contributed by atoms with van der Waals surface area (Å²) in [6.07, 6.45) is 3.63. The zero-order chi connectivity index (χ0) is 25.8. The maximum absolute atomic E-state index is 5.81. The molecule has 0 amide bonds. The zero-order valence-corrected chi connectivity index (χ0v) is 23.6. The van der Waals surface area contributed by atoms with Crippen LogP contribution in [0.2, 0.25) is 0 Å². The number of alkyl halides is 2. The Morgan fingerprint density at radius 3 is 1.41 bits per heavy atom. The summed E-state index contributed by atoms with van der Waals surface area (Å²) in [5, 5.41) is 0. The van der Waals surface area contributed by atoms with Gasteiger partial charge in [0.1, 0.15) is 0 Å². The molecule has 200 valence electrons. The predicted molar refractivity (Wildman–Crippen MR) is 149 cm³/mol. The van der Waals surface area contributed by atoms with Gasteiger partial charge < -0.3 is 27.1 Å². The molecule has 2 aliphatic heterocycles. The van der Waals surface area contributed by atoms with Gasteiger partial charge in [-0.25, -0.2) is 0 Å². The highest BCUT2D eigenvalue weighted by molar-refractivity contribution is 7.42. The second kappa shape index (κ2) is 15.5. The molecule has 4 rings (SSSR count). The van der Waals surface area contributed by atoms with E-state index in [4.69, 9.17) is 50.3 Å². The van der Waals surface area contributed by atoms with E-state index >= 15 is 0 Å². The lowest BCUT2D eigenvalue weighted by Crippen LogP contribution is -2.44. The van der Waals surface area contributed by atoms with Gasteiger partial charge >= 0.3 is 17.2 Å². The number of benzene rings is 2. The van der Waals surface area contributed by atoms with Crippen molar-refractivity contribution in [1.82, 2.24) is 0 Å². The Morgan fingerprint density at radius 2 is 1.05 bits per heavy atom. The first-order chi connectivity index (χ1) is 18.2. The molecular formula is C25H30Cl2N2O6P2. The number of halogens is 2. The summed E-state index contributed by atoms with van der Waals surface area (Å²) < 4.78 is 34.6. The van der Waals surface area contributed by atoms with Crippen molar-refractivity contribution in [3.05, 3.63) is 70.8 Å². The molecule has 2 aromatic rings. The van der Waals surface area contributed by atoms with Crippen LogP contribution < -0.4 is 0 Å². The average Bonchev–Trinajstić information content (AvgIpc) is 2.95. The third-order valence-corrected chi connectivity index (χ3v) is 8.25. The number of hydrogen-bond donors (Lipinski definition) is 0. The summed E-state index contributed by atoms with van der Waals surface area (Å²) in [6.45, 7) is 3.68. The number of rotatable bonds is 12. The molecule has 0 unspecified atom stereocenters. The van der Waals surface area contributed by atoms with Gasteiger partial charge in [0, 0.05) is 24.2 Å². The molecule has 2 aromatic carbocycles. The van der Waals surface area contributed by atoms with Crippen LogP contribution in [0.4, 0.5) is 0 Å². The van der Waals surface area contributed by atoms with Crippen molar-refractivity contribution in [3.8, 4) is 0 Å². The highest BCUT2D eigenvalue weighted by atomic mass is 35.5. The Balaban J connectivity index is 1.06. The Labute approximate surface area is 230 Å². The van der Waals surface area contributed by atoms with Crippen LogP contribution in [0.1, 0.15) is 22.3 Å². The normalized spacial score (nSPS) is 24.4. The molecule has 0 radical (unpaired) electrons.